The topological polar surface area (TPSA) is 71.1 Å². The third-order valence-corrected chi connectivity index (χ3v) is 4.19. The molecule has 0 spiro atoms. The van der Waals surface area contributed by atoms with Crippen LogP contribution in [0.5, 0.6) is 0 Å². The second-order valence-electron chi connectivity index (χ2n) is 3.29. The number of nitrogens with zero attached hydrogens (tertiary/aromatic N) is 1. The van der Waals surface area contributed by atoms with Gasteiger partial charge in [-0.25, -0.2) is 18.1 Å². The summed E-state index contributed by atoms with van der Waals surface area (Å²) in [6.45, 7) is -0.315. The van der Waals surface area contributed by atoms with E-state index < -0.39 is 21.3 Å². The fourth-order valence-electron chi connectivity index (χ4n) is 1.22. The van der Waals surface area contributed by atoms with Crippen LogP contribution in [0.2, 0.25) is 0 Å². The fraction of sp³-hybridized carbons (Fsp3) is 0.444. The van der Waals surface area contributed by atoms with Crippen LogP contribution in [-0.4, -0.2) is 38.3 Å². The monoisotopic (exact) mass is 315 g/mol. The van der Waals surface area contributed by atoms with Crippen LogP contribution in [0.4, 0.5) is 19.0 Å². The summed E-state index contributed by atoms with van der Waals surface area (Å²) in [5.74, 6) is -0.254. The number of nitrogens with one attached hydrogen (secondary N) is 2. The zero-order valence-corrected chi connectivity index (χ0v) is 11.5. The molecule has 2 N–H and O–H groups in total. The number of alkyl halides is 3. The lowest BCUT2D eigenvalue weighted by Crippen LogP contribution is -2.27. The standard InChI is InChI=1S/C9H12F3N3O2S2/c1-13-8-7(3-2-4-14-8)19(16,17)15-5-6-18-9(10,11)12/h2-4,15H,5-6H2,1H3,(H,13,14). The molecule has 108 valence electrons. The molecule has 10 heteroatoms. The number of hydrogen-bond donors (Lipinski definition) is 2. The average molecular weight is 315 g/mol. The maximum Gasteiger partial charge on any atom is 0.441 e. The highest BCUT2D eigenvalue weighted by molar-refractivity contribution is 8.00. The van der Waals surface area contributed by atoms with Crippen molar-refractivity contribution in [2.24, 2.45) is 0 Å². The molecule has 1 heterocycles. The van der Waals surface area contributed by atoms with E-state index in [1.807, 2.05) is 0 Å². The summed E-state index contributed by atoms with van der Waals surface area (Å²) in [6, 6.07) is 2.75. The van der Waals surface area contributed by atoms with Gasteiger partial charge in [-0.3, -0.25) is 0 Å². The molecule has 0 atom stereocenters. The SMILES string of the molecule is CNc1ncccc1S(=O)(=O)NCCSC(F)(F)F. The van der Waals surface area contributed by atoms with Crippen LogP contribution in [0, 0.1) is 0 Å². The molecule has 0 unspecified atom stereocenters. The van der Waals surface area contributed by atoms with Gasteiger partial charge in [-0.15, -0.1) is 0 Å². The van der Waals surface area contributed by atoms with E-state index in [1.54, 1.807) is 0 Å². The predicted molar refractivity (Wildman–Crippen MR) is 67.5 cm³/mol. The highest BCUT2D eigenvalue weighted by Crippen LogP contribution is 2.29. The predicted octanol–water partition coefficient (Wildman–Crippen LogP) is 1.65. The Balaban J connectivity index is 2.66. The largest absolute Gasteiger partial charge is 0.441 e. The van der Waals surface area contributed by atoms with E-state index in [1.165, 1.54) is 25.4 Å². The molecule has 0 radical (unpaired) electrons. The first kappa shape index (κ1) is 16.1. The van der Waals surface area contributed by atoms with Gasteiger partial charge in [0.1, 0.15) is 10.7 Å². The zero-order valence-electron chi connectivity index (χ0n) is 9.86. The lowest BCUT2D eigenvalue weighted by Gasteiger charge is -2.10. The minimum Gasteiger partial charge on any atom is -0.372 e. The summed E-state index contributed by atoms with van der Waals surface area (Å²) in [4.78, 5) is 3.71. The second-order valence-corrected chi connectivity index (χ2v) is 6.19. The van der Waals surface area contributed by atoms with Crippen molar-refractivity contribution in [2.75, 3.05) is 24.7 Å². The fourth-order valence-corrected chi connectivity index (χ4v) is 2.97. The number of aromatic nitrogens is 1. The minimum atomic E-state index is -4.37. The summed E-state index contributed by atoms with van der Waals surface area (Å²) in [7, 11) is -2.38. The molecule has 0 saturated heterocycles. The highest BCUT2D eigenvalue weighted by atomic mass is 32.2. The van der Waals surface area contributed by atoms with E-state index in [-0.39, 0.29) is 29.0 Å². The molecule has 1 aromatic heterocycles. The summed E-state index contributed by atoms with van der Waals surface area (Å²) < 4.78 is 61.5. The Morgan fingerprint density at radius 3 is 2.68 bits per heavy atom. The molecule has 0 aliphatic carbocycles. The van der Waals surface area contributed by atoms with Gasteiger partial charge < -0.3 is 5.32 Å². The maximum atomic E-state index is 11.9. The molecule has 0 amide bonds. The summed E-state index contributed by atoms with van der Waals surface area (Å²) >= 11 is -0.279. The van der Waals surface area contributed by atoms with Gasteiger partial charge in [0, 0.05) is 25.5 Å². The number of pyridine rings is 1. The molecule has 0 bridgehead atoms. The summed E-state index contributed by atoms with van der Waals surface area (Å²) in [6.07, 6.45) is 1.41. The lowest BCUT2D eigenvalue weighted by atomic mass is 10.5. The normalized spacial score (nSPS) is 12.4. The third kappa shape index (κ3) is 5.25. The second kappa shape index (κ2) is 6.44. The van der Waals surface area contributed by atoms with Crippen molar-refractivity contribution < 1.29 is 21.6 Å². The first-order valence-electron chi connectivity index (χ1n) is 5.09. The Hall–Kier alpha value is -1.00. The molecule has 0 aliphatic rings. The van der Waals surface area contributed by atoms with E-state index in [0.717, 1.165) is 0 Å². The van der Waals surface area contributed by atoms with E-state index in [4.69, 9.17) is 0 Å². The molecular weight excluding hydrogens is 303 g/mol. The molecule has 19 heavy (non-hydrogen) atoms. The van der Waals surface area contributed by atoms with E-state index >= 15 is 0 Å². The Labute approximate surface area is 113 Å². The van der Waals surface area contributed by atoms with Gasteiger partial charge in [-0.05, 0) is 23.9 Å². The van der Waals surface area contributed by atoms with Gasteiger partial charge in [-0.2, -0.15) is 13.2 Å². The first-order chi connectivity index (χ1) is 8.76. The van der Waals surface area contributed by atoms with Crippen molar-refractivity contribution in [3.63, 3.8) is 0 Å². The van der Waals surface area contributed by atoms with Gasteiger partial charge in [0.05, 0.1) is 0 Å². The minimum absolute atomic E-state index is 0.102. The highest BCUT2D eigenvalue weighted by Gasteiger charge is 2.28. The average Bonchev–Trinajstić information content (AvgIpc) is 2.33. The molecule has 1 rings (SSSR count). The molecule has 1 aromatic rings. The number of rotatable bonds is 6. The number of halogens is 3. The van der Waals surface area contributed by atoms with Gasteiger partial charge in [0.2, 0.25) is 10.0 Å². The lowest BCUT2D eigenvalue weighted by molar-refractivity contribution is -0.0327. The van der Waals surface area contributed by atoms with Gasteiger partial charge in [-0.1, -0.05) is 0 Å². The van der Waals surface area contributed by atoms with E-state index in [2.05, 4.69) is 15.0 Å². The van der Waals surface area contributed by atoms with Crippen molar-refractivity contribution in [2.45, 2.75) is 10.4 Å². The van der Waals surface area contributed by atoms with E-state index in [9.17, 15) is 21.6 Å². The Morgan fingerprint density at radius 2 is 2.11 bits per heavy atom. The van der Waals surface area contributed by atoms with Crippen LogP contribution in [0.3, 0.4) is 0 Å². The van der Waals surface area contributed by atoms with Gasteiger partial charge in [0.15, 0.2) is 0 Å². The van der Waals surface area contributed by atoms with Crippen LogP contribution in [0.1, 0.15) is 0 Å². The quantitative estimate of drug-likeness (QED) is 0.781. The Morgan fingerprint density at radius 1 is 1.42 bits per heavy atom. The molecule has 0 aliphatic heterocycles. The number of hydrogen-bond acceptors (Lipinski definition) is 5. The molecule has 0 saturated carbocycles. The summed E-state index contributed by atoms with van der Waals surface area (Å²) in [5.41, 5.74) is -4.37. The molecule has 5 nitrogen and oxygen atoms in total. The van der Waals surface area contributed by atoms with Crippen molar-refractivity contribution in [3.05, 3.63) is 18.3 Å². The zero-order chi connectivity index (χ0) is 14.5. The molecule has 0 aromatic carbocycles. The Kier molecular flexibility index (Phi) is 5.44. The Bertz CT molecular complexity index is 520. The van der Waals surface area contributed by atoms with Crippen molar-refractivity contribution in [3.8, 4) is 0 Å². The van der Waals surface area contributed by atoms with Crippen LogP contribution < -0.4 is 10.0 Å². The van der Waals surface area contributed by atoms with Gasteiger partial charge in [0.25, 0.3) is 0 Å². The number of sulfonamides is 1. The van der Waals surface area contributed by atoms with Crippen LogP contribution in [0.15, 0.2) is 23.2 Å². The van der Waals surface area contributed by atoms with Crippen molar-refractivity contribution >= 4 is 27.6 Å². The van der Waals surface area contributed by atoms with Crippen molar-refractivity contribution in [1.29, 1.82) is 0 Å². The van der Waals surface area contributed by atoms with Crippen molar-refractivity contribution in [1.82, 2.24) is 9.71 Å². The first-order valence-corrected chi connectivity index (χ1v) is 7.56. The number of thioether (sulfide) groups is 1. The smallest absolute Gasteiger partial charge is 0.372 e. The summed E-state index contributed by atoms with van der Waals surface area (Å²) in [5, 5.41) is 2.60. The van der Waals surface area contributed by atoms with E-state index in [0.29, 0.717) is 0 Å². The van der Waals surface area contributed by atoms with Gasteiger partial charge >= 0.3 is 5.51 Å². The van der Waals surface area contributed by atoms with Crippen LogP contribution in [-0.2, 0) is 10.0 Å². The van der Waals surface area contributed by atoms with Crippen LogP contribution in [0.25, 0.3) is 0 Å². The number of anilines is 1. The maximum absolute atomic E-state index is 11.9. The van der Waals surface area contributed by atoms with Crippen LogP contribution >= 0.6 is 11.8 Å². The molecule has 0 fully saturated rings. The third-order valence-electron chi connectivity index (χ3n) is 1.96. The molecular formula is C9H12F3N3O2S2.